The Kier molecular flexibility index (Phi) is 5.76. The van der Waals surface area contributed by atoms with Crippen LogP contribution in [0.25, 0.3) is 0 Å². The van der Waals surface area contributed by atoms with Crippen molar-refractivity contribution in [3.8, 4) is 0 Å². The molecule has 0 bridgehead atoms. The molecule has 1 atom stereocenters. The number of cyclic esters (lactones) is 1. The van der Waals surface area contributed by atoms with Gasteiger partial charge >= 0.3 is 6.09 Å². The minimum Gasteiger partial charge on any atom is -0.447 e. The predicted octanol–water partition coefficient (Wildman–Crippen LogP) is 2.27. The lowest BCUT2D eigenvalue weighted by atomic mass is 10.0. The molecule has 0 aliphatic carbocycles. The number of nitrogens with zero attached hydrogens (tertiary/aromatic N) is 4. The van der Waals surface area contributed by atoms with E-state index >= 15 is 0 Å². The van der Waals surface area contributed by atoms with Crippen LogP contribution in [0.3, 0.4) is 0 Å². The lowest BCUT2D eigenvalue weighted by Gasteiger charge is -2.41. The first-order valence-corrected chi connectivity index (χ1v) is 10.6. The van der Waals surface area contributed by atoms with Crippen LogP contribution in [0.5, 0.6) is 0 Å². The number of aromatic nitrogens is 1. The molecular formula is C22H29N5O3. The summed E-state index contributed by atoms with van der Waals surface area (Å²) in [7, 11) is 0. The number of carbonyl (C=O) groups excluding carboxylic acids is 2. The summed E-state index contributed by atoms with van der Waals surface area (Å²) < 4.78 is 4.97. The van der Waals surface area contributed by atoms with Gasteiger partial charge in [-0.3, -0.25) is 14.6 Å². The smallest absolute Gasteiger partial charge is 0.415 e. The maximum Gasteiger partial charge on any atom is 0.415 e. The zero-order chi connectivity index (χ0) is 21.3. The van der Waals surface area contributed by atoms with Crippen LogP contribution in [0, 0.1) is 6.92 Å². The van der Waals surface area contributed by atoms with E-state index in [0.717, 1.165) is 25.1 Å². The molecule has 0 aromatic carbocycles. The van der Waals surface area contributed by atoms with E-state index in [-0.39, 0.29) is 12.1 Å². The van der Waals surface area contributed by atoms with E-state index in [0.29, 0.717) is 37.6 Å². The van der Waals surface area contributed by atoms with E-state index < -0.39 is 6.09 Å². The number of ether oxygens (including phenoxy) is 1. The maximum atomic E-state index is 13.1. The summed E-state index contributed by atoms with van der Waals surface area (Å²) in [5, 5.41) is 3.50. The van der Waals surface area contributed by atoms with Crippen LogP contribution in [0.4, 0.5) is 10.6 Å². The van der Waals surface area contributed by atoms with Crippen LogP contribution in [-0.2, 0) is 4.74 Å². The van der Waals surface area contributed by atoms with Crippen molar-refractivity contribution >= 4 is 17.8 Å². The number of hydrogen-bond donors (Lipinski definition) is 1. The Balaban J connectivity index is 1.38. The van der Waals surface area contributed by atoms with Gasteiger partial charge in [-0.2, -0.15) is 0 Å². The summed E-state index contributed by atoms with van der Waals surface area (Å²) in [4.78, 5) is 34.9. The van der Waals surface area contributed by atoms with Gasteiger partial charge in [0.05, 0.1) is 12.1 Å². The van der Waals surface area contributed by atoms with Crippen LogP contribution < -0.4 is 10.2 Å². The highest BCUT2D eigenvalue weighted by Gasteiger charge is 2.30. The van der Waals surface area contributed by atoms with E-state index in [4.69, 9.17) is 4.74 Å². The Hall–Kier alpha value is -2.87. The molecule has 4 heterocycles. The zero-order valence-electron chi connectivity index (χ0n) is 17.9. The summed E-state index contributed by atoms with van der Waals surface area (Å²) in [6.07, 6.45) is 6.76. The molecular weight excluding hydrogens is 382 g/mol. The van der Waals surface area contributed by atoms with Crippen molar-refractivity contribution < 1.29 is 14.3 Å². The molecule has 0 spiro atoms. The lowest BCUT2D eigenvalue weighted by Crippen LogP contribution is -2.56. The van der Waals surface area contributed by atoms with Gasteiger partial charge in [-0.05, 0) is 43.0 Å². The Bertz CT molecular complexity index is 902. The number of piperazine rings is 1. The molecule has 3 aliphatic rings. The number of aryl methyl sites for hydroxylation is 1. The third-order valence-electron chi connectivity index (χ3n) is 6.01. The van der Waals surface area contributed by atoms with Crippen molar-refractivity contribution in [2.75, 3.05) is 44.2 Å². The van der Waals surface area contributed by atoms with Gasteiger partial charge in [-0.15, -0.1) is 0 Å². The highest BCUT2D eigenvalue weighted by Crippen LogP contribution is 2.22. The van der Waals surface area contributed by atoms with Crippen molar-refractivity contribution in [1.82, 2.24) is 20.1 Å². The third kappa shape index (κ3) is 3.92. The Morgan fingerprint density at radius 2 is 2.00 bits per heavy atom. The quantitative estimate of drug-likeness (QED) is 0.819. The summed E-state index contributed by atoms with van der Waals surface area (Å²) in [6, 6.07) is 1.79. The number of allylic oxidation sites excluding steroid dienone is 2. The average molecular weight is 412 g/mol. The number of pyridine rings is 1. The second kappa shape index (κ2) is 8.47. The molecule has 8 nitrogen and oxygen atoms in total. The fourth-order valence-corrected chi connectivity index (χ4v) is 4.20. The standard InChI is InChI=1S/C22H29N5O3/c1-4-17-11-16(3)20(24-13-17)25-5-7-26(8-6-25)21(28)18-14-23-19(12-15(18)2)27-9-10-30-22(27)29/h11-14,20,24H,4-10H2,1-3H3. The van der Waals surface area contributed by atoms with Crippen molar-refractivity contribution in [3.63, 3.8) is 0 Å². The fourth-order valence-electron chi connectivity index (χ4n) is 4.20. The van der Waals surface area contributed by atoms with Crippen LogP contribution >= 0.6 is 0 Å². The normalized spacial score (nSPS) is 22.4. The van der Waals surface area contributed by atoms with Gasteiger partial charge in [0.15, 0.2) is 0 Å². The molecule has 1 N–H and O–H groups in total. The number of carbonyl (C=O) groups is 2. The van der Waals surface area contributed by atoms with E-state index in [9.17, 15) is 9.59 Å². The van der Waals surface area contributed by atoms with E-state index in [1.54, 1.807) is 12.3 Å². The van der Waals surface area contributed by atoms with Gasteiger partial charge in [0.1, 0.15) is 18.6 Å². The monoisotopic (exact) mass is 411 g/mol. The third-order valence-corrected chi connectivity index (χ3v) is 6.01. The minimum atomic E-state index is -0.390. The second-order valence-corrected chi connectivity index (χ2v) is 7.98. The zero-order valence-corrected chi connectivity index (χ0v) is 17.9. The number of hydrogen-bond acceptors (Lipinski definition) is 6. The molecule has 0 saturated carbocycles. The molecule has 3 aliphatic heterocycles. The van der Waals surface area contributed by atoms with Crippen molar-refractivity contribution in [2.45, 2.75) is 33.4 Å². The number of amides is 2. The van der Waals surface area contributed by atoms with Crippen LogP contribution in [0.2, 0.25) is 0 Å². The van der Waals surface area contributed by atoms with Crippen molar-refractivity contribution in [2.24, 2.45) is 0 Å². The lowest BCUT2D eigenvalue weighted by molar-refractivity contribution is 0.0577. The molecule has 1 aromatic rings. The Morgan fingerprint density at radius 1 is 1.23 bits per heavy atom. The maximum absolute atomic E-state index is 13.1. The van der Waals surface area contributed by atoms with Crippen LogP contribution in [-0.4, -0.2) is 72.3 Å². The van der Waals surface area contributed by atoms with Gasteiger partial charge in [0.2, 0.25) is 0 Å². The summed E-state index contributed by atoms with van der Waals surface area (Å²) in [5.74, 6) is 0.522. The average Bonchev–Trinajstić information content (AvgIpc) is 3.19. The SMILES string of the molecule is CCC1=CNC(N2CCN(C(=O)c3cnc(N4CCOC4=O)cc3C)CC2)C(C)=C1. The first kappa shape index (κ1) is 20.4. The summed E-state index contributed by atoms with van der Waals surface area (Å²) in [6.45, 7) is 10.0. The van der Waals surface area contributed by atoms with Crippen molar-refractivity contribution in [1.29, 1.82) is 0 Å². The first-order chi connectivity index (χ1) is 14.5. The second-order valence-electron chi connectivity index (χ2n) is 7.98. The van der Waals surface area contributed by atoms with Gasteiger partial charge < -0.3 is 15.0 Å². The van der Waals surface area contributed by atoms with Gasteiger partial charge in [0.25, 0.3) is 5.91 Å². The highest BCUT2D eigenvalue weighted by molar-refractivity contribution is 5.96. The summed E-state index contributed by atoms with van der Waals surface area (Å²) >= 11 is 0. The molecule has 4 rings (SSSR count). The molecule has 160 valence electrons. The highest BCUT2D eigenvalue weighted by atomic mass is 16.6. The number of dihydropyridines is 1. The van der Waals surface area contributed by atoms with E-state index in [1.165, 1.54) is 16.0 Å². The number of rotatable bonds is 4. The molecule has 8 heteroatoms. The van der Waals surface area contributed by atoms with Crippen molar-refractivity contribution in [3.05, 3.63) is 46.8 Å². The number of anilines is 1. The molecule has 0 radical (unpaired) electrons. The van der Waals surface area contributed by atoms with E-state index in [2.05, 4.69) is 41.3 Å². The topological polar surface area (TPSA) is 78.0 Å². The molecule has 2 amide bonds. The van der Waals surface area contributed by atoms with E-state index in [1.807, 2.05) is 11.8 Å². The fraction of sp³-hybridized carbons (Fsp3) is 0.500. The first-order valence-electron chi connectivity index (χ1n) is 10.6. The molecule has 1 aromatic heterocycles. The Morgan fingerprint density at radius 3 is 2.60 bits per heavy atom. The van der Waals surface area contributed by atoms with Crippen LogP contribution in [0.15, 0.2) is 35.7 Å². The summed E-state index contributed by atoms with van der Waals surface area (Å²) in [5.41, 5.74) is 4.02. The van der Waals surface area contributed by atoms with Crippen LogP contribution in [0.1, 0.15) is 36.2 Å². The molecule has 1 unspecified atom stereocenters. The Labute approximate surface area is 177 Å². The molecule has 2 saturated heterocycles. The molecule has 2 fully saturated rings. The van der Waals surface area contributed by atoms with Gasteiger partial charge in [0, 0.05) is 38.6 Å². The van der Waals surface area contributed by atoms with Gasteiger partial charge in [-0.25, -0.2) is 9.78 Å². The molecule has 30 heavy (non-hydrogen) atoms. The predicted molar refractivity (Wildman–Crippen MR) is 114 cm³/mol. The van der Waals surface area contributed by atoms with Gasteiger partial charge in [-0.1, -0.05) is 13.0 Å². The number of nitrogens with one attached hydrogen (secondary N) is 1. The largest absolute Gasteiger partial charge is 0.447 e. The minimum absolute atomic E-state index is 0.00719.